The molecular formula is C27H32F6N2O. The number of benzene rings is 1. The van der Waals surface area contributed by atoms with Crippen LogP contribution in [0.1, 0.15) is 91.4 Å². The van der Waals surface area contributed by atoms with Crippen molar-refractivity contribution in [3.8, 4) is 11.3 Å². The third-order valence-corrected chi connectivity index (χ3v) is 7.65. The molecular weight excluding hydrogens is 482 g/mol. The van der Waals surface area contributed by atoms with Crippen LogP contribution in [0.4, 0.5) is 26.3 Å². The normalized spacial score (nSPS) is 18.4. The first-order valence-corrected chi connectivity index (χ1v) is 12.7. The lowest BCUT2D eigenvalue weighted by molar-refractivity contribution is -0.142. The molecule has 0 unspecified atom stereocenters. The molecule has 1 aromatic heterocycles. The fraction of sp³-hybridized carbons (Fsp3) is 0.593. The Bertz CT molecular complexity index is 1070. The lowest BCUT2D eigenvalue weighted by Crippen LogP contribution is -2.36. The molecule has 0 radical (unpaired) electrons. The molecule has 2 fully saturated rings. The highest BCUT2D eigenvalue weighted by atomic mass is 19.4. The van der Waals surface area contributed by atoms with E-state index in [2.05, 4.69) is 5.32 Å². The van der Waals surface area contributed by atoms with Crippen LogP contribution in [0.15, 0.2) is 24.3 Å². The molecule has 0 spiro atoms. The number of alkyl halides is 6. The summed E-state index contributed by atoms with van der Waals surface area (Å²) in [4.78, 5) is 13.2. The smallest absolute Gasteiger partial charge is 0.349 e. The standard InChI is InChI=1S/C27H32F6N2O/c1-17-22(25(36)34-20-10-6-3-7-11-20)15-24(35(17)16-18-8-4-2-5-9-18)21-13-12-19(26(28,29)30)14-23(21)27(31,32)33/h12-15,18,20H,2-11,16H2,1H3,(H,34,36). The zero-order chi connectivity index (χ0) is 26.1. The van der Waals surface area contributed by atoms with E-state index < -0.39 is 23.5 Å². The summed E-state index contributed by atoms with van der Waals surface area (Å²) in [6.45, 7) is 2.13. The SMILES string of the molecule is Cc1c(C(=O)NC2CCCCC2)cc(-c2ccc(C(F)(F)F)cc2C(F)(F)F)n1CC1CCCCC1. The van der Waals surface area contributed by atoms with Crippen LogP contribution in [0.25, 0.3) is 11.3 Å². The van der Waals surface area contributed by atoms with Gasteiger partial charge in [0, 0.05) is 29.5 Å². The Kier molecular flexibility index (Phi) is 7.76. The van der Waals surface area contributed by atoms with Gasteiger partial charge in [0.15, 0.2) is 0 Å². The molecule has 0 saturated heterocycles. The topological polar surface area (TPSA) is 34.0 Å². The van der Waals surface area contributed by atoms with Gasteiger partial charge in [-0.2, -0.15) is 26.3 Å². The lowest BCUT2D eigenvalue weighted by Gasteiger charge is -2.25. The first kappa shape index (κ1) is 26.6. The molecule has 0 atom stereocenters. The molecule has 1 heterocycles. The second-order valence-electron chi connectivity index (χ2n) is 10.2. The number of nitrogens with zero attached hydrogens (tertiary/aromatic N) is 1. The zero-order valence-corrected chi connectivity index (χ0v) is 20.4. The second-order valence-corrected chi connectivity index (χ2v) is 10.2. The van der Waals surface area contributed by atoms with Gasteiger partial charge >= 0.3 is 12.4 Å². The lowest BCUT2D eigenvalue weighted by atomic mass is 9.89. The molecule has 3 nitrogen and oxygen atoms in total. The van der Waals surface area contributed by atoms with E-state index in [1.54, 1.807) is 11.5 Å². The van der Waals surface area contributed by atoms with Crippen molar-refractivity contribution in [1.82, 2.24) is 9.88 Å². The van der Waals surface area contributed by atoms with E-state index in [4.69, 9.17) is 0 Å². The Morgan fingerprint density at radius 1 is 0.889 bits per heavy atom. The van der Waals surface area contributed by atoms with E-state index >= 15 is 0 Å². The molecule has 36 heavy (non-hydrogen) atoms. The highest BCUT2D eigenvalue weighted by Crippen LogP contribution is 2.42. The van der Waals surface area contributed by atoms with Gasteiger partial charge in [-0.3, -0.25) is 4.79 Å². The molecule has 1 aromatic carbocycles. The van der Waals surface area contributed by atoms with Crippen molar-refractivity contribution < 1.29 is 31.1 Å². The summed E-state index contributed by atoms with van der Waals surface area (Å²) in [5.41, 5.74) is -2.09. The van der Waals surface area contributed by atoms with Crippen molar-refractivity contribution in [3.05, 3.63) is 46.6 Å². The van der Waals surface area contributed by atoms with E-state index in [1.807, 2.05) is 0 Å². The predicted octanol–water partition coefficient (Wildman–Crippen LogP) is 8.14. The largest absolute Gasteiger partial charge is 0.417 e. The van der Waals surface area contributed by atoms with Crippen molar-refractivity contribution in [2.75, 3.05) is 0 Å². The summed E-state index contributed by atoms with van der Waals surface area (Å²) in [6.07, 6.45) is -0.00152. The molecule has 0 aliphatic heterocycles. The van der Waals surface area contributed by atoms with E-state index in [0.717, 1.165) is 70.3 Å². The Morgan fingerprint density at radius 3 is 2.08 bits per heavy atom. The fourth-order valence-corrected chi connectivity index (χ4v) is 5.65. The van der Waals surface area contributed by atoms with Crippen molar-refractivity contribution >= 4 is 5.91 Å². The highest BCUT2D eigenvalue weighted by molar-refractivity contribution is 5.97. The Labute approximate surface area is 207 Å². The average molecular weight is 515 g/mol. The summed E-state index contributed by atoms with van der Waals surface area (Å²) in [7, 11) is 0. The maximum Gasteiger partial charge on any atom is 0.417 e. The van der Waals surface area contributed by atoms with Crippen LogP contribution in [0.5, 0.6) is 0 Å². The van der Waals surface area contributed by atoms with Gasteiger partial charge in [-0.05, 0) is 56.7 Å². The third kappa shape index (κ3) is 5.92. The van der Waals surface area contributed by atoms with Crippen LogP contribution in [-0.2, 0) is 18.9 Å². The first-order chi connectivity index (χ1) is 16.9. The zero-order valence-electron chi connectivity index (χ0n) is 20.4. The number of carbonyl (C=O) groups excluding carboxylic acids is 1. The summed E-state index contributed by atoms with van der Waals surface area (Å²) in [5, 5.41) is 3.02. The molecule has 1 N–H and O–H groups in total. The van der Waals surface area contributed by atoms with E-state index in [0.29, 0.717) is 18.3 Å². The second kappa shape index (κ2) is 10.5. The summed E-state index contributed by atoms with van der Waals surface area (Å²) >= 11 is 0. The minimum absolute atomic E-state index is 0.0209. The minimum Gasteiger partial charge on any atom is -0.349 e. The number of hydrogen-bond donors (Lipinski definition) is 1. The third-order valence-electron chi connectivity index (χ3n) is 7.65. The van der Waals surface area contributed by atoms with Gasteiger partial charge < -0.3 is 9.88 Å². The van der Waals surface area contributed by atoms with Gasteiger partial charge in [0.05, 0.1) is 16.7 Å². The number of carbonyl (C=O) groups is 1. The van der Waals surface area contributed by atoms with Crippen molar-refractivity contribution in [1.29, 1.82) is 0 Å². The predicted molar refractivity (Wildman–Crippen MR) is 126 cm³/mol. The maximum absolute atomic E-state index is 14.0. The molecule has 2 saturated carbocycles. The summed E-state index contributed by atoms with van der Waals surface area (Å²) in [6, 6.07) is 3.19. The molecule has 2 aliphatic carbocycles. The summed E-state index contributed by atoms with van der Waals surface area (Å²) in [5.74, 6) is -0.106. The number of rotatable bonds is 5. The van der Waals surface area contributed by atoms with Crippen LogP contribution in [0.3, 0.4) is 0 Å². The van der Waals surface area contributed by atoms with Gasteiger partial charge in [-0.15, -0.1) is 0 Å². The van der Waals surface area contributed by atoms with Crippen molar-refractivity contribution in [2.45, 2.75) is 96.1 Å². The Balaban J connectivity index is 1.79. The average Bonchev–Trinajstić information content (AvgIpc) is 3.15. The molecule has 1 amide bonds. The van der Waals surface area contributed by atoms with Crippen LogP contribution < -0.4 is 5.32 Å². The van der Waals surface area contributed by atoms with Crippen molar-refractivity contribution in [3.63, 3.8) is 0 Å². The van der Waals surface area contributed by atoms with Gasteiger partial charge in [0.25, 0.3) is 5.91 Å². The highest BCUT2D eigenvalue weighted by Gasteiger charge is 2.39. The quantitative estimate of drug-likeness (QED) is 0.402. The molecule has 2 aliphatic rings. The first-order valence-electron chi connectivity index (χ1n) is 12.7. The number of nitrogens with one attached hydrogen (secondary N) is 1. The van der Waals surface area contributed by atoms with Gasteiger partial charge in [0.1, 0.15) is 0 Å². The fourth-order valence-electron chi connectivity index (χ4n) is 5.65. The van der Waals surface area contributed by atoms with E-state index in [1.165, 1.54) is 6.07 Å². The molecule has 2 aromatic rings. The number of hydrogen-bond acceptors (Lipinski definition) is 1. The molecule has 4 rings (SSSR count). The van der Waals surface area contributed by atoms with E-state index in [9.17, 15) is 31.1 Å². The number of amides is 1. The van der Waals surface area contributed by atoms with Crippen LogP contribution in [0.2, 0.25) is 0 Å². The van der Waals surface area contributed by atoms with E-state index in [-0.39, 0.29) is 40.8 Å². The minimum atomic E-state index is -4.99. The van der Waals surface area contributed by atoms with Crippen LogP contribution in [0, 0.1) is 12.8 Å². The van der Waals surface area contributed by atoms with Crippen LogP contribution in [-0.4, -0.2) is 16.5 Å². The van der Waals surface area contributed by atoms with Gasteiger partial charge in [0.2, 0.25) is 0 Å². The maximum atomic E-state index is 14.0. The van der Waals surface area contributed by atoms with Gasteiger partial charge in [-0.25, -0.2) is 0 Å². The van der Waals surface area contributed by atoms with Gasteiger partial charge in [-0.1, -0.05) is 44.6 Å². The summed E-state index contributed by atoms with van der Waals surface area (Å²) < 4.78 is 83.5. The number of aromatic nitrogens is 1. The van der Waals surface area contributed by atoms with Crippen LogP contribution >= 0.6 is 0 Å². The Morgan fingerprint density at radius 2 is 1.50 bits per heavy atom. The molecule has 9 heteroatoms. The molecule has 0 bridgehead atoms. The monoisotopic (exact) mass is 514 g/mol. The van der Waals surface area contributed by atoms with Crippen molar-refractivity contribution in [2.24, 2.45) is 5.92 Å². The molecule has 198 valence electrons. The Hall–Kier alpha value is -2.45. The number of halogens is 6.